The van der Waals surface area contributed by atoms with Crippen LogP contribution in [-0.4, -0.2) is 29.6 Å². The number of ketones is 1. The second-order valence-electron chi connectivity index (χ2n) is 3.40. The Morgan fingerprint density at radius 3 is 2.93 bits per heavy atom. The molecule has 0 amide bonds. The first-order valence-electron chi connectivity index (χ1n) is 5.02. The van der Waals surface area contributed by atoms with E-state index in [-0.39, 0.29) is 5.78 Å². The zero-order valence-electron chi connectivity index (χ0n) is 9.15. The highest BCUT2D eigenvalue weighted by Gasteiger charge is 2.06. The van der Waals surface area contributed by atoms with Crippen molar-refractivity contribution in [1.29, 1.82) is 0 Å². The van der Waals surface area contributed by atoms with Crippen molar-refractivity contribution in [3.63, 3.8) is 0 Å². The molecule has 0 unspecified atom stereocenters. The molecule has 1 aromatic rings. The molecule has 0 atom stereocenters. The number of aromatic nitrogens is 2. The summed E-state index contributed by atoms with van der Waals surface area (Å²) in [7, 11) is 1.66. The molecule has 0 aliphatic carbocycles. The van der Waals surface area contributed by atoms with E-state index in [9.17, 15) is 4.79 Å². The highest BCUT2D eigenvalue weighted by Crippen LogP contribution is 2.03. The lowest BCUT2D eigenvalue weighted by molar-refractivity contribution is -0.117. The van der Waals surface area contributed by atoms with E-state index in [0.29, 0.717) is 31.2 Å². The number of carbonyl (C=O) groups is 1. The number of hydrogen-bond donors (Lipinski definition) is 0. The van der Waals surface area contributed by atoms with E-state index in [2.05, 4.69) is 10.1 Å². The van der Waals surface area contributed by atoms with Crippen molar-refractivity contribution in [2.45, 2.75) is 32.6 Å². The van der Waals surface area contributed by atoms with Gasteiger partial charge in [0.15, 0.2) is 5.82 Å². The number of ether oxygens (including phenoxy) is 1. The number of Topliss-reactive ketones (excluding diaryl/α,β-unsaturated/α-hetero) is 1. The second kappa shape index (κ2) is 6.29. The Labute approximate surface area is 88.8 Å². The lowest BCUT2D eigenvalue weighted by Gasteiger charge is -1.93. The predicted octanol–water partition coefficient (Wildman–Crippen LogP) is 1.17. The lowest BCUT2D eigenvalue weighted by Crippen LogP contribution is -1.96. The van der Waals surface area contributed by atoms with Gasteiger partial charge in [0.2, 0.25) is 5.89 Å². The predicted molar refractivity (Wildman–Crippen MR) is 53.5 cm³/mol. The van der Waals surface area contributed by atoms with Gasteiger partial charge in [-0.25, -0.2) is 0 Å². The van der Waals surface area contributed by atoms with Gasteiger partial charge in [0.05, 0.1) is 0 Å². The SMILES string of the molecule is COCCCc1noc(CCC(C)=O)n1. The first kappa shape index (κ1) is 11.8. The third kappa shape index (κ3) is 4.69. The monoisotopic (exact) mass is 212 g/mol. The maximum Gasteiger partial charge on any atom is 0.227 e. The minimum atomic E-state index is 0.133. The summed E-state index contributed by atoms with van der Waals surface area (Å²) >= 11 is 0. The molecule has 0 radical (unpaired) electrons. The van der Waals surface area contributed by atoms with Crippen molar-refractivity contribution in [1.82, 2.24) is 10.1 Å². The van der Waals surface area contributed by atoms with Gasteiger partial charge < -0.3 is 14.1 Å². The third-order valence-electron chi connectivity index (χ3n) is 1.95. The summed E-state index contributed by atoms with van der Waals surface area (Å²) < 4.78 is 9.91. The lowest BCUT2D eigenvalue weighted by atomic mass is 10.2. The Morgan fingerprint density at radius 1 is 1.47 bits per heavy atom. The molecular weight excluding hydrogens is 196 g/mol. The van der Waals surface area contributed by atoms with Gasteiger partial charge in [-0.3, -0.25) is 0 Å². The van der Waals surface area contributed by atoms with Gasteiger partial charge in [-0.15, -0.1) is 0 Å². The molecule has 0 spiro atoms. The molecule has 5 heteroatoms. The molecule has 1 rings (SSSR count). The van der Waals surface area contributed by atoms with Crippen LogP contribution in [0.1, 0.15) is 31.5 Å². The number of carbonyl (C=O) groups excluding carboxylic acids is 1. The molecule has 84 valence electrons. The Morgan fingerprint density at radius 2 is 2.27 bits per heavy atom. The molecule has 0 N–H and O–H groups in total. The van der Waals surface area contributed by atoms with Crippen LogP contribution in [-0.2, 0) is 22.4 Å². The third-order valence-corrected chi connectivity index (χ3v) is 1.95. The molecule has 0 aromatic carbocycles. The molecule has 5 nitrogen and oxygen atoms in total. The van der Waals surface area contributed by atoms with Crippen LogP contribution in [0.15, 0.2) is 4.52 Å². The standard InChI is InChI=1S/C10H16N2O3/c1-8(13)5-6-10-11-9(12-15-10)4-3-7-14-2/h3-7H2,1-2H3. The largest absolute Gasteiger partial charge is 0.385 e. The number of hydrogen-bond acceptors (Lipinski definition) is 5. The maximum absolute atomic E-state index is 10.7. The highest BCUT2D eigenvalue weighted by atomic mass is 16.5. The summed E-state index contributed by atoms with van der Waals surface area (Å²) in [6.07, 6.45) is 2.62. The molecule has 0 aliphatic rings. The molecule has 0 saturated carbocycles. The molecule has 0 saturated heterocycles. The Kier molecular flexibility index (Phi) is 4.97. The maximum atomic E-state index is 10.7. The summed E-state index contributed by atoms with van der Waals surface area (Å²) in [6, 6.07) is 0. The van der Waals surface area contributed by atoms with E-state index in [1.54, 1.807) is 14.0 Å². The van der Waals surface area contributed by atoms with E-state index in [0.717, 1.165) is 12.8 Å². The van der Waals surface area contributed by atoms with Crippen LogP contribution in [0.2, 0.25) is 0 Å². The first-order valence-corrected chi connectivity index (χ1v) is 5.02. The summed E-state index contributed by atoms with van der Waals surface area (Å²) in [5, 5.41) is 3.81. The van der Waals surface area contributed by atoms with Crippen LogP contribution in [0.4, 0.5) is 0 Å². The van der Waals surface area contributed by atoms with Gasteiger partial charge in [-0.05, 0) is 13.3 Å². The Bertz CT molecular complexity index is 309. The van der Waals surface area contributed by atoms with Crippen LogP contribution in [0.3, 0.4) is 0 Å². The van der Waals surface area contributed by atoms with Crippen LogP contribution < -0.4 is 0 Å². The van der Waals surface area contributed by atoms with Gasteiger partial charge in [0.25, 0.3) is 0 Å². The quantitative estimate of drug-likeness (QED) is 0.635. The zero-order valence-corrected chi connectivity index (χ0v) is 9.15. The molecular formula is C10H16N2O3. The van der Waals surface area contributed by atoms with Crippen LogP contribution in [0.5, 0.6) is 0 Å². The summed E-state index contributed by atoms with van der Waals surface area (Å²) in [5.41, 5.74) is 0. The van der Waals surface area contributed by atoms with Crippen LogP contribution in [0, 0.1) is 0 Å². The van der Waals surface area contributed by atoms with E-state index in [1.807, 2.05) is 0 Å². The zero-order chi connectivity index (χ0) is 11.1. The highest BCUT2D eigenvalue weighted by molar-refractivity contribution is 5.75. The summed E-state index contributed by atoms with van der Waals surface area (Å²) in [5.74, 6) is 1.36. The fourth-order valence-electron chi connectivity index (χ4n) is 1.15. The van der Waals surface area contributed by atoms with Gasteiger partial charge in [-0.2, -0.15) is 4.98 Å². The molecule has 0 aliphatic heterocycles. The summed E-state index contributed by atoms with van der Waals surface area (Å²) in [4.78, 5) is 14.9. The molecule has 0 fully saturated rings. The van der Waals surface area contributed by atoms with Crippen molar-refractivity contribution >= 4 is 5.78 Å². The smallest absolute Gasteiger partial charge is 0.227 e. The van der Waals surface area contributed by atoms with Gasteiger partial charge in [0.1, 0.15) is 5.78 Å². The minimum absolute atomic E-state index is 0.133. The first-order chi connectivity index (χ1) is 7.22. The van der Waals surface area contributed by atoms with E-state index in [1.165, 1.54) is 0 Å². The van der Waals surface area contributed by atoms with Crippen molar-refractivity contribution in [2.75, 3.05) is 13.7 Å². The van der Waals surface area contributed by atoms with Crippen molar-refractivity contribution in [3.05, 3.63) is 11.7 Å². The average molecular weight is 212 g/mol. The van der Waals surface area contributed by atoms with E-state index < -0.39 is 0 Å². The minimum Gasteiger partial charge on any atom is -0.385 e. The van der Waals surface area contributed by atoms with E-state index >= 15 is 0 Å². The van der Waals surface area contributed by atoms with Crippen molar-refractivity contribution in [3.8, 4) is 0 Å². The Hall–Kier alpha value is -1.23. The topological polar surface area (TPSA) is 65.2 Å². The Balaban J connectivity index is 2.32. The van der Waals surface area contributed by atoms with Crippen molar-refractivity contribution in [2.24, 2.45) is 0 Å². The normalized spacial score (nSPS) is 10.5. The van der Waals surface area contributed by atoms with Gasteiger partial charge in [-0.1, -0.05) is 5.16 Å². The summed E-state index contributed by atoms with van der Waals surface area (Å²) in [6.45, 7) is 2.24. The van der Waals surface area contributed by atoms with Gasteiger partial charge >= 0.3 is 0 Å². The molecule has 15 heavy (non-hydrogen) atoms. The molecule has 1 heterocycles. The number of nitrogens with zero attached hydrogens (tertiary/aromatic N) is 2. The number of aryl methyl sites for hydroxylation is 2. The fourth-order valence-corrected chi connectivity index (χ4v) is 1.15. The molecule has 0 bridgehead atoms. The van der Waals surface area contributed by atoms with Crippen LogP contribution in [0.25, 0.3) is 0 Å². The second-order valence-corrected chi connectivity index (χ2v) is 3.40. The van der Waals surface area contributed by atoms with E-state index in [4.69, 9.17) is 9.26 Å². The fraction of sp³-hybridized carbons (Fsp3) is 0.700. The van der Waals surface area contributed by atoms with Crippen LogP contribution >= 0.6 is 0 Å². The van der Waals surface area contributed by atoms with Gasteiger partial charge in [0, 0.05) is 33.0 Å². The number of rotatable bonds is 7. The molecule has 1 aromatic heterocycles. The van der Waals surface area contributed by atoms with Crippen molar-refractivity contribution < 1.29 is 14.1 Å². The average Bonchev–Trinajstić information content (AvgIpc) is 2.63. The number of methoxy groups -OCH3 is 1.